The molecule has 24 heavy (non-hydrogen) atoms. The van der Waals surface area contributed by atoms with Crippen molar-refractivity contribution in [2.45, 2.75) is 32.6 Å². The van der Waals surface area contributed by atoms with E-state index in [4.69, 9.17) is 0 Å². The van der Waals surface area contributed by atoms with Crippen LogP contribution in [0.3, 0.4) is 0 Å². The molecule has 2 N–H and O–H groups in total. The number of hydrogen-bond acceptors (Lipinski definition) is 4. The summed E-state index contributed by atoms with van der Waals surface area (Å²) in [6, 6.07) is 8.18. The average molecular weight is 330 g/mol. The lowest BCUT2D eigenvalue weighted by Gasteiger charge is -2.08. The van der Waals surface area contributed by atoms with E-state index in [9.17, 15) is 9.18 Å². The number of unbranched alkanes of at least 4 members (excludes halogenated alkanes) is 2. The van der Waals surface area contributed by atoms with Gasteiger partial charge in [0.25, 0.3) is 5.91 Å². The van der Waals surface area contributed by atoms with Crippen molar-refractivity contribution in [3.63, 3.8) is 0 Å². The SMILES string of the molecule is CCCCCNc1cc(C(=O)NCCc2ccccc2F)ncn1. The fraction of sp³-hybridized carbons (Fsp3) is 0.389. The number of benzene rings is 1. The standard InChI is InChI=1S/C18H23FN4O/c1-2-3-6-10-20-17-12-16(22-13-23-17)18(24)21-11-9-14-7-4-5-8-15(14)19/h4-5,7-8,12-13H,2-3,6,9-11H2,1H3,(H,21,24)(H,20,22,23). The van der Waals surface area contributed by atoms with Gasteiger partial charge in [0.05, 0.1) is 0 Å². The second-order valence-corrected chi connectivity index (χ2v) is 5.52. The molecule has 0 aliphatic rings. The molecule has 0 radical (unpaired) electrons. The van der Waals surface area contributed by atoms with E-state index in [1.807, 2.05) is 0 Å². The van der Waals surface area contributed by atoms with Crippen molar-refractivity contribution in [1.82, 2.24) is 15.3 Å². The molecule has 0 bridgehead atoms. The Morgan fingerprint density at radius 2 is 2.00 bits per heavy atom. The van der Waals surface area contributed by atoms with Crippen LogP contribution in [0.15, 0.2) is 36.7 Å². The Morgan fingerprint density at radius 1 is 1.17 bits per heavy atom. The molecule has 128 valence electrons. The number of nitrogens with one attached hydrogen (secondary N) is 2. The van der Waals surface area contributed by atoms with Crippen LogP contribution in [0.25, 0.3) is 0 Å². The van der Waals surface area contributed by atoms with Crippen molar-refractivity contribution in [2.75, 3.05) is 18.4 Å². The quantitative estimate of drug-likeness (QED) is 0.693. The summed E-state index contributed by atoms with van der Waals surface area (Å²) in [6.45, 7) is 3.32. The Hall–Kier alpha value is -2.50. The van der Waals surface area contributed by atoms with Crippen molar-refractivity contribution >= 4 is 11.7 Å². The Kier molecular flexibility index (Phi) is 7.14. The molecule has 0 unspecified atom stereocenters. The molecule has 0 saturated carbocycles. The largest absolute Gasteiger partial charge is 0.370 e. The zero-order valence-electron chi connectivity index (χ0n) is 13.9. The maximum Gasteiger partial charge on any atom is 0.270 e. The van der Waals surface area contributed by atoms with Gasteiger partial charge in [-0.05, 0) is 24.5 Å². The van der Waals surface area contributed by atoms with E-state index in [-0.39, 0.29) is 11.7 Å². The smallest absolute Gasteiger partial charge is 0.270 e. The third-order valence-electron chi connectivity index (χ3n) is 3.62. The van der Waals surface area contributed by atoms with E-state index in [1.165, 1.54) is 12.4 Å². The van der Waals surface area contributed by atoms with Gasteiger partial charge in [-0.3, -0.25) is 4.79 Å². The minimum atomic E-state index is -0.287. The molecule has 5 nitrogen and oxygen atoms in total. The highest BCUT2D eigenvalue weighted by molar-refractivity contribution is 5.92. The molecule has 6 heteroatoms. The van der Waals surface area contributed by atoms with Crippen LogP contribution in [0.1, 0.15) is 42.2 Å². The van der Waals surface area contributed by atoms with Gasteiger partial charge in [-0.25, -0.2) is 14.4 Å². The van der Waals surface area contributed by atoms with Crippen molar-refractivity contribution in [3.05, 3.63) is 53.7 Å². The van der Waals surface area contributed by atoms with Crippen LogP contribution in [-0.4, -0.2) is 29.0 Å². The lowest BCUT2D eigenvalue weighted by atomic mass is 10.1. The highest BCUT2D eigenvalue weighted by Gasteiger charge is 2.09. The normalized spacial score (nSPS) is 10.4. The first-order chi connectivity index (χ1) is 11.7. The highest BCUT2D eigenvalue weighted by atomic mass is 19.1. The number of carbonyl (C=O) groups excluding carboxylic acids is 1. The van der Waals surface area contributed by atoms with Crippen LogP contribution in [0.4, 0.5) is 10.2 Å². The van der Waals surface area contributed by atoms with E-state index in [1.54, 1.807) is 24.3 Å². The van der Waals surface area contributed by atoms with Gasteiger partial charge in [-0.2, -0.15) is 0 Å². The lowest BCUT2D eigenvalue weighted by molar-refractivity contribution is 0.0949. The van der Waals surface area contributed by atoms with Gasteiger partial charge < -0.3 is 10.6 Å². The summed E-state index contributed by atoms with van der Waals surface area (Å²) in [4.78, 5) is 20.2. The maximum atomic E-state index is 13.5. The molecule has 0 spiro atoms. The van der Waals surface area contributed by atoms with Crippen LogP contribution in [0, 0.1) is 5.82 Å². The lowest BCUT2D eigenvalue weighted by Crippen LogP contribution is -2.27. The van der Waals surface area contributed by atoms with Crippen LogP contribution in [-0.2, 0) is 6.42 Å². The van der Waals surface area contributed by atoms with Gasteiger partial charge in [-0.15, -0.1) is 0 Å². The molecule has 2 aromatic rings. The van der Waals surface area contributed by atoms with Crippen molar-refractivity contribution < 1.29 is 9.18 Å². The minimum Gasteiger partial charge on any atom is -0.370 e. The van der Waals surface area contributed by atoms with E-state index in [2.05, 4.69) is 27.5 Å². The van der Waals surface area contributed by atoms with Crippen molar-refractivity contribution in [3.8, 4) is 0 Å². The molecule has 1 aromatic heterocycles. The number of rotatable bonds is 9. The van der Waals surface area contributed by atoms with Gasteiger partial charge in [0, 0.05) is 19.2 Å². The summed E-state index contributed by atoms with van der Waals surface area (Å²) >= 11 is 0. The van der Waals surface area contributed by atoms with Crippen molar-refractivity contribution in [1.29, 1.82) is 0 Å². The molecular formula is C18H23FN4O. The Labute approximate surface area is 141 Å². The molecule has 0 atom stereocenters. The van der Waals surface area contributed by atoms with Crippen LogP contribution < -0.4 is 10.6 Å². The number of amides is 1. The third kappa shape index (κ3) is 5.61. The number of halogens is 1. The van der Waals surface area contributed by atoms with Crippen LogP contribution in [0.5, 0.6) is 0 Å². The van der Waals surface area contributed by atoms with Gasteiger partial charge >= 0.3 is 0 Å². The number of anilines is 1. The molecule has 0 aliphatic heterocycles. The van der Waals surface area contributed by atoms with Crippen LogP contribution in [0.2, 0.25) is 0 Å². The second-order valence-electron chi connectivity index (χ2n) is 5.52. The first kappa shape index (κ1) is 17.8. The fourth-order valence-corrected chi connectivity index (χ4v) is 2.27. The number of hydrogen-bond donors (Lipinski definition) is 2. The molecule has 2 rings (SSSR count). The monoisotopic (exact) mass is 330 g/mol. The van der Waals surface area contributed by atoms with E-state index < -0.39 is 0 Å². The minimum absolute atomic E-state index is 0.257. The van der Waals surface area contributed by atoms with E-state index in [0.717, 1.165) is 25.8 Å². The summed E-state index contributed by atoms with van der Waals surface area (Å²) < 4.78 is 13.5. The van der Waals surface area contributed by atoms with Gasteiger partial charge in [-0.1, -0.05) is 38.0 Å². The zero-order chi connectivity index (χ0) is 17.2. The predicted octanol–water partition coefficient (Wildman–Crippen LogP) is 3.19. The number of carbonyl (C=O) groups is 1. The number of aromatic nitrogens is 2. The summed E-state index contributed by atoms with van der Waals surface area (Å²) in [6.07, 6.45) is 5.17. The summed E-state index contributed by atoms with van der Waals surface area (Å²) in [5.41, 5.74) is 0.885. The average Bonchev–Trinajstić information content (AvgIpc) is 2.60. The second kappa shape index (κ2) is 9.60. The maximum absolute atomic E-state index is 13.5. The third-order valence-corrected chi connectivity index (χ3v) is 3.62. The Bertz CT molecular complexity index is 663. The van der Waals surface area contributed by atoms with Crippen LogP contribution >= 0.6 is 0 Å². The molecule has 0 saturated heterocycles. The fourth-order valence-electron chi connectivity index (χ4n) is 2.27. The van der Waals surface area contributed by atoms with Crippen molar-refractivity contribution in [2.24, 2.45) is 0 Å². The molecule has 1 amide bonds. The summed E-state index contributed by atoms with van der Waals surface area (Å²) in [5.74, 6) is 0.0954. The summed E-state index contributed by atoms with van der Waals surface area (Å²) in [5, 5.41) is 5.94. The Balaban J connectivity index is 1.82. The Morgan fingerprint density at radius 3 is 2.79 bits per heavy atom. The van der Waals surface area contributed by atoms with Gasteiger partial charge in [0.15, 0.2) is 0 Å². The first-order valence-electron chi connectivity index (χ1n) is 8.28. The number of nitrogens with zero attached hydrogens (tertiary/aromatic N) is 2. The molecular weight excluding hydrogens is 307 g/mol. The van der Waals surface area contributed by atoms with E-state index in [0.29, 0.717) is 30.0 Å². The van der Waals surface area contributed by atoms with Gasteiger partial charge in [0.2, 0.25) is 0 Å². The zero-order valence-corrected chi connectivity index (χ0v) is 13.9. The molecule has 0 aliphatic carbocycles. The van der Waals surface area contributed by atoms with E-state index >= 15 is 0 Å². The molecule has 1 heterocycles. The summed E-state index contributed by atoms with van der Waals surface area (Å²) in [7, 11) is 0. The highest BCUT2D eigenvalue weighted by Crippen LogP contribution is 2.07. The first-order valence-corrected chi connectivity index (χ1v) is 8.28. The predicted molar refractivity (Wildman–Crippen MR) is 92.5 cm³/mol. The van der Waals surface area contributed by atoms with Gasteiger partial charge in [0.1, 0.15) is 23.7 Å². The molecule has 1 aromatic carbocycles. The molecule has 0 fully saturated rings. The topological polar surface area (TPSA) is 66.9 Å².